The molecule has 0 amide bonds. The monoisotopic (exact) mass is 777 g/mol. The molecule has 4 bridgehead atoms. The van der Waals surface area contributed by atoms with E-state index in [1.54, 1.807) is 11.1 Å². The molecule has 0 radical (unpaired) electrons. The Labute approximate surface area is 357 Å². The van der Waals surface area contributed by atoms with Crippen LogP contribution in [0.3, 0.4) is 0 Å². The van der Waals surface area contributed by atoms with Crippen molar-refractivity contribution in [3.05, 3.63) is 186 Å². The Balaban J connectivity index is 1.03. The van der Waals surface area contributed by atoms with Gasteiger partial charge in [-0.2, -0.15) is 0 Å². The average Bonchev–Trinajstić information content (AvgIpc) is 3.68. The maximum absolute atomic E-state index is 2.65. The van der Waals surface area contributed by atoms with E-state index in [1.165, 1.54) is 110 Å². The number of nitrogens with zero attached hydrogens (tertiary/aromatic N) is 1. The van der Waals surface area contributed by atoms with Gasteiger partial charge in [-0.25, -0.2) is 0 Å². The van der Waals surface area contributed by atoms with Crippen LogP contribution in [-0.2, 0) is 16.2 Å². The van der Waals surface area contributed by atoms with Gasteiger partial charge in [-0.1, -0.05) is 162 Å². The summed E-state index contributed by atoms with van der Waals surface area (Å²) in [4.78, 5) is 2.57. The Morgan fingerprint density at radius 1 is 0.450 bits per heavy atom. The lowest BCUT2D eigenvalue weighted by Crippen LogP contribution is -2.55. The highest BCUT2D eigenvalue weighted by molar-refractivity contribution is 5.92. The molecule has 4 saturated carbocycles. The molecule has 7 aromatic rings. The molecule has 7 aromatic carbocycles. The van der Waals surface area contributed by atoms with E-state index in [2.05, 4.69) is 197 Å². The summed E-state index contributed by atoms with van der Waals surface area (Å²) in [5.74, 6) is 3.26. The molecule has 1 spiro atoms. The molecule has 0 aliphatic heterocycles. The van der Waals surface area contributed by atoms with Crippen LogP contribution in [0.25, 0.3) is 44.5 Å². The second kappa shape index (κ2) is 12.9. The van der Waals surface area contributed by atoms with Crippen molar-refractivity contribution in [2.75, 3.05) is 4.90 Å². The van der Waals surface area contributed by atoms with Crippen LogP contribution in [0.2, 0.25) is 0 Å². The van der Waals surface area contributed by atoms with Crippen LogP contribution < -0.4 is 4.90 Å². The van der Waals surface area contributed by atoms with Gasteiger partial charge in [0.25, 0.3) is 0 Å². The zero-order valence-electron chi connectivity index (χ0n) is 35.8. The third-order valence-corrected chi connectivity index (χ3v) is 16.0. The molecule has 4 fully saturated rings. The second-order valence-corrected chi connectivity index (χ2v) is 20.6. The number of rotatable bonds is 5. The number of benzene rings is 7. The van der Waals surface area contributed by atoms with E-state index < -0.39 is 0 Å². The normalized spacial score (nSPS) is 23.6. The summed E-state index contributed by atoms with van der Waals surface area (Å²) in [6, 6.07) is 60.8. The molecule has 1 heteroatoms. The minimum atomic E-state index is -0.0788. The van der Waals surface area contributed by atoms with Gasteiger partial charge in [-0.15, -0.1) is 0 Å². The van der Waals surface area contributed by atoms with Gasteiger partial charge in [0, 0.05) is 27.8 Å². The van der Waals surface area contributed by atoms with Crippen molar-refractivity contribution in [1.82, 2.24) is 0 Å². The Hall–Kier alpha value is -5.66. The number of fused-ring (bicyclic) bond motifs is 6. The third kappa shape index (κ3) is 5.11. The maximum Gasteiger partial charge on any atom is 0.0540 e. The van der Waals surface area contributed by atoms with Gasteiger partial charge in [-0.3, -0.25) is 0 Å². The van der Waals surface area contributed by atoms with Crippen LogP contribution in [0.4, 0.5) is 17.1 Å². The summed E-state index contributed by atoms with van der Waals surface area (Å²) >= 11 is 0. The molecule has 6 aliphatic carbocycles. The first-order chi connectivity index (χ1) is 29.1. The van der Waals surface area contributed by atoms with Gasteiger partial charge in [-0.05, 0) is 158 Å². The standard InChI is InChI=1S/C59H55N/c1-57(2,3)41-25-21-39(22-26-41)46-13-8-11-20-55(46)60(44-27-23-40(24-28-44)47-16-12-17-51-49-15-6-9-18-52(49)58(4,5)56(47)51)45-29-30-50-48-14-7-10-19-53(48)59(54(50)36-45)42-32-37-31-38(34-42)35-43(59)33-37/h6-30,36-38,42-43H,31-35H2,1-5H3. The number of hydrogen-bond acceptors (Lipinski definition) is 1. The quantitative estimate of drug-likeness (QED) is 0.168. The van der Waals surface area contributed by atoms with Crippen molar-refractivity contribution < 1.29 is 0 Å². The van der Waals surface area contributed by atoms with Crippen molar-refractivity contribution in [1.29, 1.82) is 0 Å². The molecule has 0 N–H and O–H groups in total. The third-order valence-electron chi connectivity index (χ3n) is 16.0. The van der Waals surface area contributed by atoms with E-state index in [1.807, 2.05) is 0 Å². The van der Waals surface area contributed by atoms with Gasteiger partial charge in [0.2, 0.25) is 0 Å². The highest BCUT2D eigenvalue weighted by Gasteiger charge is 2.61. The van der Waals surface area contributed by atoms with Gasteiger partial charge < -0.3 is 4.90 Å². The summed E-state index contributed by atoms with van der Waals surface area (Å²) in [5, 5.41) is 0. The largest absolute Gasteiger partial charge is 0.310 e. The zero-order valence-corrected chi connectivity index (χ0v) is 35.8. The number of anilines is 3. The predicted octanol–water partition coefficient (Wildman–Crippen LogP) is 15.8. The van der Waals surface area contributed by atoms with E-state index in [0.29, 0.717) is 0 Å². The van der Waals surface area contributed by atoms with Crippen LogP contribution in [0.15, 0.2) is 158 Å². The molecule has 0 saturated heterocycles. The first-order valence-corrected chi connectivity index (χ1v) is 22.7. The molecule has 1 nitrogen and oxygen atoms in total. The van der Waals surface area contributed by atoms with Crippen molar-refractivity contribution >= 4 is 17.1 Å². The minimum Gasteiger partial charge on any atom is -0.310 e. The van der Waals surface area contributed by atoms with Crippen LogP contribution in [0, 0.1) is 23.7 Å². The molecule has 13 rings (SSSR count). The highest BCUT2D eigenvalue weighted by Crippen LogP contribution is 2.69. The van der Waals surface area contributed by atoms with Gasteiger partial charge in [0.05, 0.1) is 5.69 Å². The smallest absolute Gasteiger partial charge is 0.0540 e. The summed E-state index contributed by atoms with van der Waals surface area (Å²) in [7, 11) is 0. The molecule has 0 aromatic heterocycles. The Kier molecular flexibility index (Phi) is 7.80. The molecule has 6 aliphatic rings. The summed E-state index contributed by atoms with van der Waals surface area (Å²) in [5.41, 5.74) is 21.9. The first-order valence-electron chi connectivity index (χ1n) is 22.7. The Bertz CT molecular complexity index is 2800. The number of para-hydroxylation sites is 1. The fourth-order valence-corrected chi connectivity index (χ4v) is 13.6. The lowest BCUT2D eigenvalue weighted by atomic mass is 9.43. The van der Waals surface area contributed by atoms with E-state index >= 15 is 0 Å². The van der Waals surface area contributed by atoms with Crippen molar-refractivity contribution in [3.8, 4) is 44.5 Å². The summed E-state index contributed by atoms with van der Waals surface area (Å²) < 4.78 is 0. The number of hydrogen-bond donors (Lipinski definition) is 0. The Morgan fingerprint density at radius 2 is 0.967 bits per heavy atom. The zero-order chi connectivity index (χ0) is 40.5. The highest BCUT2D eigenvalue weighted by atomic mass is 15.1. The van der Waals surface area contributed by atoms with Crippen LogP contribution in [-0.4, -0.2) is 0 Å². The molecule has 0 heterocycles. The molecule has 296 valence electrons. The van der Waals surface area contributed by atoms with Crippen LogP contribution >= 0.6 is 0 Å². The SMILES string of the molecule is CC(C)(C)c1ccc(-c2ccccc2N(c2ccc(-c3cccc4c3C(C)(C)c3ccccc3-4)cc2)c2ccc3c(c2)C2(c4ccccc4-3)C3CC4CC(C3)CC2C4)cc1. The summed E-state index contributed by atoms with van der Waals surface area (Å²) in [6.07, 6.45) is 7.00. The first kappa shape index (κ1) is 36.2. The predicted molar refractivity (Wildman–Crippen MR) is 252 cm³/mol. The molecule has 60 heavy (non-hydrogen) atoms. The van der Waals surface area contributed by atoms with Crippen molar-refractivity contribution in [2.24, 2.45) is 23.7 Å². The second-order valence-electron chi connectivity index (χ2n) is 20.6. The van der Waals surface area contributed by atoms with Gasteiger partial charge in [0.1, 0.15) is 0 Å². The van der Waals surface area contributed by atoms with E-state index in [4.69, 9.17) is 0 Å². The van der Waals surface area contributed by atoms with Gasteiger partial charge in [0.15, 0.2) is 0 Å². The maximum atomic E-state index is 2.65. The van der Waals surface area contributed by atoms with E-state index in [9.17, 15) is 0 Å². The fraction of sp³-hybridized carbons (Fsp3) is 0.288. The summed E-state index contributed by atoms with van der Waals surface area (Å²) in [6.45, 7) is 11.7. The lowest BCUT2D eigenvalue weighted by molar-refractivity contribution is -0.0399. The van der Waals surface area contributed by atoms with Gasteiger partial charge >= 0.3 is 0 Å². The van der Waals surface area contributed by atoms with E-state index in [0.717, 1.165) is 23.7 Å². The lowest BCUT2D eigenvalue weighted by Gasteiger charge is -2.61. The minimum absolute atomic E-state index is 0.0788. The van der Waals surface area contributed by atoms with Crippen LogP contribution in [0.5, 0.6) is 0 Å². The average molecular weight is 778 g/mol. The topological polar surface area (TPSA) is 3.24 Å². The van der Waals surface area contributed by atoms with E-state index in [-0.39, 0.29) is 16.2 Å². The van der Waals surface area contributed by atoms with Crippen molar-refractivity contribution in [3.63, 3.8) is 0 Å². The molecule has 0 atom stereocenters. The van der Waals surface area contributed by atoms with Crippen molar-refractivity contribution in [2.45, 2.75) is 83.0 Å². The molecular weight excluding hydrogens is 723 g/mol. The molecule has 0 unspecified atom stereocenters. The fourth-order valence-electron chi connectivity index (χ4n) is 13.6. The molecular formula is C59H55N. The Morgan fingerprint density at radius 3 is 1.65 bits per heavy atom. The van der Waals surface area contributed by atoms with Crippen LogP contribution in [0.1, 0.15) is 94.5 Å².